The van der Waals surface area contributed by atoms with Gasteiger partial charge in [-0.2, -0.15) is 26.3 Å². The molecule has 0 aliphatic rings. The van der Waals surface area contributed by atoms with E-state index >= 15 is 0 Å². The number of hydrogen-bond donors (Lipinski definition) is 0. The van der Waals surface area contributed by atoms with Crippen molar-refractivity contribution in [2.75, 3.05) is 0 Å². The Morgan fingerprint density at radius 1 is 0.591 bits per heavy atom. The van der Waals surface area contributed by atoms with Crippen LogP contribution in [0.1, 0.15) is 0 Å². The van der Waals surface area contributed by atoms with Crippen LogP contribution in [0.25, 0.3) is 0 Å². The van der Waals surface area contributed by atoms with E-state index in [9.17, 15) is 26.3 Å². The average Bonchev–Trinajstić information content (AvgIpc) is 2.14. The van der Waals surface area contributed by atoms with Gasteiger partial charge < -0.3 is 29.7 Å². The maximum atomic E-state index is 10.9. The molecule has 0 aromatic rings. The van der Waals surface area contributed by atoms with Gasteiger partial charge in [0.2, 0.25) is 0 Å². The number of carbonyl (C=O) groups is 3. The second-order valence-electron chi connectivity index (χ2n) is 2.36. The third-order valence-electron chi connectivity index (χ3n) is 0.694. The van der Waals surface area contributed by atoms with E-state index in [0.29, 0.717) is 0 Å². The molecular weight excluding hydrogens is 551 g/mol. The van der Waals surface area contributed by atoms with E-state index in [1.807, 2.05) is 0 Å². The summed E-state index contributed by atoms with van der Waals surface area (Å²) < 4.78 is 65.7. The Morgan fingerprint density at radius 2 is 0.636 bits per heavy atom. The molecule has 0 heterocycles. The summed E-state index contributed by atoms with van der Waals surface area (Å²) >= 11 is 11.6. The molecule has 6 nitrogen and oxygen atoms in total. The number of hydrogen-bond acceptors (Lipinski definition) is 6. The first-order valence-corrected chi connectivity index (χ1v) is 4.81. The van der Waals surface area contributed by atoms with Crippen LogP contribution in [0.4, 0.5) is 26.3 Å². The molecule has 0 fully saturated rings. The summed E-state index contributed by atoms with van der Waals surface area (Å²) in [6.45, 7) is 0. The second kappa shape index (κ2) is 11.6. The van der Waals surface area contributed by atoms with Gasteiger partial charge in [0, 0.05) is 0 Å². The van der Waals surface area contributed by atoms with Crippen molar-refractivity contribution in [2.45, 2.75) is 16.1 Å². The molecule has 0 saturated heterocycles. The molecule has 0 aromatic heterocycles. The fourth-order valence-corrected chi connectivity index (χ4v) is 0. The maximum Gasteiger partial charge on any atom is 3.00 e. The van der Waals surface area contributed by atoms with Crippen LogP contribution in [0.5, 0.6) is 0 Å². The normalized spacial score (nSPS) is 10.8. The third kappa shape index (κ3) is 22.4. The molecule has 16 heteroatoms. The molecule has 0 aromatic carbocycles. The van der Waals surface area contributed by atoms with E-state index in [0.717, 1.165) is 0 Å². The monoisotopic (exact) mass is 551 g/mol. The SMILES string of the molecule is O=C([O-])C(F)(F)Cl.O=C([O-])C(F)(F)Cl.O=C([O-])C(F)(F)Cl.[Dy+3]. The summed E-state index contributed by atoms with van der Waals surface area (Å²) in [5.41, 5.74) is 0. The minimum absolute atomic E-state index is 0. The number of carbonyl (C=O) groups excluding carboxylic acids is 3. The molecule has 22 heavy (non-hydrogen) atoms. The molecule has 0 spiro atoms. The fraction of sp³-hybridized carbons (Fsp3) is 0.500. The molecule has 0 N–H and O–H groups in total. The van der Waals surface area contributed by atoms with Crippen molar-refractivity contribution < 1.29 is 94.2 Å². The largest absolute Gasteiger partial charge is 3.00 e. The Kier molecular flexibility index (Phi) is 15.9. The smallest absolute Gasteiger partial charge is 0.543 e. The van der Waals surface area contributed by atoms with Gasteiger partial charge in [0.1, 0.15) is 17.9 Å². The Balaban J connectivity index is -0.000000108. The van der Waals surface area contributed by atoms with Crippen molar-refractivity contribution in [2.24, 2.45) is 0 Å². The standard InChI is InChI=1S/3C2HClF2O2.Dy/c3*3-2(4,5)1(6)7;/h3*(H,6,7);/q;;;+3/p-3. The molecule has 0 aliphatic heterocycles. The minimum atomic E-state index is -4.22. The van der Waals surface area contributed by atoms with E-state index < -0.39 is 34.1 Å². The Morgan fingerprint density at radius 3 is 0.636 bits per heavy atom. The zero-order valence-corrected chi connectivity index (χ0v) is 13.5. The van der Waals surface area contributed by atoms with Gasteiger partial charge in [0.15, 0.2) is 0 Å². The van der Waals surface area contributed by atoms with Crippen molar-refractivity contribution in [1.29, 1.82) is 0 Å². The average molecular weight is 551 g/mol. The van der Waals surface area contributed by atoms with E-state index in [1.54, 1.807) is 0 Å². The van der Waals surface area contributed by atoms with Crippen LogP contribution >= 0.6 is 34.8 Å². The van der Waals surface area contributed by atoms with E-state index in [4.69, 9.17) is 29.7 Å². The number of rotatable bonds is 3. The molecular formula is C6Cl3DyF6O6. The topological polar surface area (TPSA) is 120 Å². The summed E-state index contributed by atoms with van der Waals surface area (Å²) in [5.74, 6) is -7.72. The minimum Gasteiger partial charge on any atom is -0.543 e. The molecule has 0 amide bonds. The molecule has 0 atom stereocenters. The van der Waals surface area contributed by atoms with Gasteiger partial charge in [-0.3, -0.25) is 0 Å². The predicted molar refractivity (Wildman–Crippen MR) is 47.4 cm³/mol. The first kappa shape index (κ1) is 30.1. The van der Waals surface area contributed by atoms with Crippen molar-refractivity contribution in [3.05, 3.63) is 0 Å². The zero-order chi connectivity index (χ0) is 18.2. The molecule has 133 valence electrons. The van der Waals surface area contributed by atoms with Gasteiger partial charge in [-0.15, -0.1) is 0 Å². The summed E-state index contributed by atoms with van der Waals surface area (Å²) in [6, 6.07) is 0. The molecule has 0 saturated carbocycles. The first-order chi connectivity index (χ1) is 8.83. The second-order valence-corrected chi connectivity index (χ2v) is 3.78. The van der Waals surface area contributed by atoms with Crippen molar-refractivity contribution in [1.82, 2.24) is 0 Å². The van der Waals surface area contributed by atoms with Crippen LogP contribution in [-0.2, 0) is 14.4 Å². The summed E-state index contributed by atoms with van der Waals surface area (Å²) in [7, 11) is 0. The third-order valence-corrected chi connectivity index (χ3v) is 1.16. The number of carboxylic acid groups (broad SMARTS) is 3. The van der Waals surface area contributed by atoms with E-state index in [-0.39, 0.29) is 38.2 Å². The van der Waals surface area contributed by atoms with Gasteiger partial charge in [-0.05, 0) is 34.8 Å². The fourth-order valence-electron chi connectivity index (χ4n) is 0. The van der Waals surface area contributed by atoms with Crippen molar-refractivity contribution in [3.8, 4) is 0 Å². The van der Waals surface area contributed by atoms with Crippen LogP contribution in [0, 0.1) is 38.2 Å². The quantitative estimate of drug-likeness (QED) is 0.318. The molecule has 1 radical (unpaired) electrons. The predicted octanol–water partition coefficient (Wildman–Crippen LogP) is -1.30. The molecule has 0 rings (SSSR count). The maximum absolute atomic E-state index is 10.9. The molecule has 0 bridgehead atoms. The summed E-state index contributed by atoms with van der Waals surface area (Å²) in [4.78, 5) is 27.1. The molecule has 0 unspecified atom stereocenters. The molecule has 0 aliphatic carbocycles. The number of alkyl halides is 9. The first-order valence-electron chi connectivity index (χ1n) is 3.68. The van der Waals surface area contributed by atoms with E-state index in [1.165, 1.54) is 0 Å². The van der Waals surface area contributed by atoms with E-state index in [2.05, 4.69) is 34.8 Å². The van der Waals surface area contributed by atoms with Crippen LogP contribution in [0.15, 0.2) is 0 Å². The van der Waals surface area contributed by atoms with Crippen LogP contribution < -0.4 is 15.3 Å². The Hall–Kier alpha value is 0.133. The van der Waals surface area contributed by atoms with Crippen LogP contribution in [-0.4, -0.2) is 34.1 Å². The van der Waals surface area contributed by atoms with Gasteiger partial charge in [0.05, 0.1) is 0 Å². The van der Waals surface area contributed by atoms with Crippen molar-refractivity contribution in [3.63, 3.8) is 0 Å². The number of halogens is 9. The van der Waals surface area contributed by atoms with Gasteiger partial charge in [0.25, 0.3) is 0 Å². The zero-order valence-electron chi connectivity index (χ0n) is 9.17. The van der Waals surface area contributed by atoms with Crippen molar-refractivity contribution >= 4 is 52.7 Å². The Bertz CT molecular complexity index is 321. The number of aliphatic carboxylic acids is 3. The van der Waals surface area contributed by atoms with Crippen LogP contribution in [0.3, 0.4) is 0 Å². The van der Waals surface area contributed by atoms with Crippen LogP contribution in [0.2, 0.25) is 0 Å². The van der Waals surface area contributed by atoms with Gasteiger partial charge >= 0.3 is 54.3 Å². The van der Waals surface area contributed by atoms with Gasteiger partial charge in [-0.1, -0.05) is 0 Å². The summed E-state index contributed by atoms with van der Waals surface area (Å²) in [5, 5.41) is 14.4. The number of carboxylic acids is 3. The Labute approximate surface area is 162 Å². The summed E-state index contributed by atoms with van der Waals surface area (Å²) in [6.07, 6.45) is 0. The van der Waals surface area contributed by atoms with Gasteiger partial charge in [-0.25, -0.2) is 0 Å².